The number of ether oxygens (including phenoxy) is 2. The van der Waals surface area contributed by atoms with Gasteiger partial charge in [-0.2, -0.15) is 0 Å². The van der Waals surface area contributed by atoms with Crippen LogP contribution in [0.4, 0.5) is 0 Å². The Kier molecular flexibility index (Phi) is 8.24. The first-order valence-electron chi connectivity index (χ1n) is 7.39. The van der Waals surface area contributed by atoms with Gasteiger partial charge in [-0.1, -0.05) is 6.92 Å². The van der Waals surface area contributed by atoms with Gasteiger partial charge in [0, 0.05) is 0 Å². The molecule has 1 rings (SSSR count). The quantitative estimate of drug-likeness (QED) is 0.215. The van der Waals surface area contributed by atoms with Crippen LogP contribution in [-0.2, 0) is 9.47 Å². The zero-order valence-electron chi connectivity index (χ0n) is 12.7. The summed E-state index contributed by atoms with van der Waals surface area (Å²) in [7, 11) is 0. The van der Waals surface area contributed by atoms with Crippen LogP contribution in [0.15, 0.2) is 0 Å². The van der Waals surface area contributed by atoms with E-state index in [4.69, 9.17) is 19.7 Å². The summed E-state index contributed by atoms with van der Waals surface area (Å²) in [6.07, 6.45) is -13.7. The predicted molar refractivity (Wildman–Crippen MR) is 74.0 cm³/mol. The van der Waals surface area contributed by atoms with Crippen LogP contribution >= 0.6 is 0 Å². The molecule has 0 amide bonds. The molecule has 0 bridgehead atoms. The first kappa shape index (κ1) is 20.6. The Morgan fingerprint density at radius 1 is 0.957 bits per heavy atom. The Balaban J connectivity index is 2.89. The number of rotatable bonds is 8. The Hall–Kier alpha value is -0.400. The Morgan fingerprint density at radius 2 is 1.57 bits per heavy atom. The smallest absolute Gasteiger partial charge is 0.187 e. The van der Waals surface area contributed by atoms with Gasteiger partial charge in [-0.15, -0.1) is 0 Å². The lowest BCUT2D eigenvalue weighted by Gasteiger charge is -2.42. The summed E-state index contributed by atoms with van der Waals surface area (Å²) in [4.78, 5) is 0. The Morgan fingerprint density at radius 3 is 2.04 bits per heavy atom. The van der Waals surface area contributed by atoms with Gasteiger partial charge in [0.1, 0.15) is 42.7 Å². The maximum absolute atomic E-state index is 9.99. The van der Waals surface area contributed by atoms with Crippen molar-refractivity contribution in [3.05, 3.63) is 0 Å². The topological polar surface area (TPSA) is 180 Å². The summed E-state index contributed by atoms with van der Waals surface area (Å²) in [6.45, 7) is 0.109. The van der Waals surface area contributed by atoms with Crippen molar-refractivity contribution in [1.29, 1.82) is 0 Å². The average molecular weight is 342 g/mol. The van der Waals surface area contributed by atoms with Gasteiger partial charge in [0.05, 0.1) is 19.3 Å². The molecule has 10 heteroatoms. The predicted octanol–water partition coefficient (Wildman–Crippen LogP) is -4.34. The molecule has 1 heterocycles. The van der Waals surface area contributed by atoms with Crippen molar-refractivity contribution in [1.82, 2.24) is 0 Å². The molecular formula is C13H26O10. The van der Waals surface area contributed by atoms with Gasteiger partial charge in [0.15, 0.2) is 6.29 Å². The van der Waals surface area contributed by atoms with Gasteiger partial charge in [-0.25, -0.2) is 0 Å². The number of hydrogen-bond donors (Lipinski definition) is 8. The lowest BCUT2D eigenvalue weighted by molar-refractivity contribution is -0.327. The highest BCUT2D eigenvalue weighted by molar-refractivity contribution is 4.91. The second kappa shape index (κ2) is 9.18. The monoisotopic (exact) mass is 342 g/mol. The largest absolute Gasteiger partial charge is 0.394 e. The van der Waals surface area contributed by atoms with Crippen LogP contribution in [0, 0.1) is 0 Å². The highest BCUT2D eigenvalue weighted by Crippen LogP contribution is 2.25. The van der Waals surface area contributed by atoms with E-state index in [1.165, 1.54) is 0 Å². The lowest BCUT2D eigenvalue weighted by Crippen LogP contribution is -2.61. The molecule has 23 heavy (non-hydrogen) atoms. The van der Waals surface area contributed by atoms with E-state index >= 15 is 0 Å². The van der Waals surface area contributed by atoms with Crippen LogP contribution in [-0.4, -0.2) is 109 Å². The third kappa shape index (κ3) is 4.79. The van der Waals surface area contributed by atoms with Crippen molar-refractivity contribution < 1.29 is 50.3 Å². The van der Waals surface area contributed by atoms with E-state index in [1.807, 2.05) is 0 Å². The second-order valence-corrected chi connectivity index (χ2v) is 5.51. The fraction of sp³-hybridized carbons (Fsp3) is 1.00. The van der Waals surface area contributed by atoms with E-state index in [0.717, 1.165) is 0 Å². The molecule has 0 aliphatic carbocycles. The molecular weight excluding hydrogens is 316 g/mol. The highest BCUT2D eigenvalue weighted by Gasteiger charge is 2.46. The third-order valence-corrected chi connectivity index (χ3v) is 3.86. The van der Waals surface area contributed by atoms with E-state index < -0.39 is 68.3 Å². The SMILES string of the molecule is CCC(O)[C@@H](O)[C@H](O[C@H]1OC(CO)[C@@H](O)[C@H](O)C1O)C(O)CO. The molecule has 1 saturated heterocycles. The minimum absolute atomic E-state index is 0.133. The molecule has 0 spiro atoms. The maximum Gasteiger partial charge on any atom is 0.187 e. The molecule has 0 aromatic heterocycles. The maximum atomic E-state index is 9.99. The zero-order chi connectivity index (χ0) is 17.7. The summed E-state index contributed by atoms with van der Waals surface area (Å²) in [5.41, 5.74) is 0. The molecule has 0 aromatic rings. The van der Waals surface area contributed by atoms with Crippen molar-refractivity contribution in [2.75, 3.05) is 13.2 Å². The molecule has 138 valence electrons. The third-order valence-electron chi connectivity index (χ3n) is 3.86. The van der Waals surface area contributed by atoms with E-state index in [0.29, 0.717) is 0 Å². The van der Waals surface area contributed by atoms with Crippen LogP contribution < -0.4 is 0 Å². The molecule has 0 radical (unpaired) electrons. The number of aliphatic hydroxyl groups is 8. The fourth-order valence-electron chi connectivity index (χ4n) is 2.30. The highest BCUT2D eigenvalue weighted by atomic mass is 16.7. The lowest BCUT2D eigenvalue weighted by atomic mass is 9.98. The Labute approximate surface area is 133 Å². The molecule has 0 saturated carbocycles. The van der Waals surface area contributed by atoms with Crippen molar-refractivity contribution >= 4 is 0 Å². The average Bonchev–Trinajstić information content (AvgIpc) is 2.57. The molecule has 10 nitrogen and oxygen atoms in total. The second-order valence-electron chi connectivity index (χ2n) is 5.51. The van der Waals surface area contributed by atoms with Gasteiger partial charge in [0.25, 0.3) is 0 Å². The summed E-state index contributed by atoms with van der Waals surface area (Å²) >= 11 is 0. The molecule has 1 aliphatic heterocycles. The van der Waals surface area contributed by atoms with Crippen LogP contribution in [0.1, 0.15) is 13.3 Å². The molecule has 1 fully saturated rings. The molecule has 4 unspecified atom stereocenters. The number of hydrogen-bond acceptors (Lipinski definition) is 10. The van der Waals surface area contributed by atoms with Crippen molar-refractivity contribution in [2.24, 2.45) is 0 Å². The summed E-state index contributed by atoms with van der Waals surface area (Å²) in [5.74, 6) is 0. The normalized spacial score (nSPS) is 37.2. The van der Waals surface area contributed by atoms with Crippen molar-refractivity contribution in [3.8, 4) is 0 Å². The molecule has 0 aromatic carbocycles. The van der Waals surface area contributed by atoms with Crippen LogP contribution in [0.3, 0.4) is 0 Å². The van der Waals surface area contributed by atoms with Gasteiger partial charge in [0.2, 0.25) is 0 Å². The molecule has 1 aliphatic rings. The molecule has 8 N–H and O–H groups in total. The van der Waals surface area contributed by atoms with Crippen LogP contribution in [0.2, 0.25) is 0 Å². The van der Waals surface area contributed by atoms with Crippen molar-refractivity contribution in [3.63, 3.8) is 0 Å². The Bertz CT molecular complexity index is 341. The summed E-state index contributed by atoms with van der Waals surface area (Å²) in [6, 6.07) is 0. The van der Waals surface area contributed by atoms with Crippen LogP contribution in [0.25, 0.3) is 0 Å². The summed E-state index contributed by atoms with van der Waals surface area (Å²) in [5, 5.41) is 76.8. The standard InChI is InChI=1S/C13H26O10/c1-2-5(16)8(18)12(6(17)3-14)23-13-11(21)10(20)9(19)7(4-15)22-13/h5-21H,2-4H2,1H3/t5?,6?,7?,8-,9-,10+,11?,12-,13-/m1/s1. The van der Waals surface area contributed by atoms with Crippen LogP contribution in [0.5, 0.6) is 0 Å². The van der Waals surface area contributed by atoms with Gasteiger partial charge in [-0.05, 0) is 6.42 Å². The van der Waals surface area contributed by atoms with Crippen molar-refractivity contribution in [2.45, 2.75) is 68.5 Å². The minimum Gasteiger partial charge on any atom is -0.394 e. The van der Waals surface area contributed by atoms with E-state index in [2.05, 4.69) is 0 Å². The first-order chi connectivity index (χ1) is 10.8. The van der Waals surface area contributed by atoms with Gasteiger partial charge < -0.3 is 50.3 Å². The zero-order valence-corrected chi connectivity index (χ0v) is 12.7. The van der Waals surface area contributed by atoms with E-state index in [-0.39, 0.29) is 6.42 Å². The van der Waals surface area contributed by atoms with Gasteiger partial charge >= 0.3 is 0 Å². The summed E-state index contributed by atoms with van der Waals surface area (Å²) < 4.78 is 10.3. The van der Waals surface area contributed by atoms with E-state index in [1.54, 1.807) is 6.92 Å². The number of aliphatic hydroxyl groups excluding tert-OH is 8. The minimum atomic E-state index is -1.73. The van der Waals surface area contributed by atoms with E-state index in [9.17, 15) is 30.6 Å². The van der Waals surface area contributed by atoms with Gasteiger partial charge in [-0.3, -0.25) is 0 Å². The fourth-order valence-corrected chi connectivity index (χ4v) is 2.30. The first-order valence-corrected chi connectivity index (χ1v) is 7.39. The molecule has 9 atom stereocenters.